The molecular formula is C20H28N4O2. The number of rotatable bonds is 6. The van der Waals surface area contributed by atoms with Crippen LogP contribution in [0, 0.1) is 6.92 Å². The summed E-state index contributed by atoms with van der Waals surface area (Å²) in [5.74, 6) is 3.05. The Balaban J connectivity index is 1.91. The Labute approximate surface area is 155 Å². The highest BCUT2D eigenvalue weighted by Crippen LogP contribution is 2.32. The van der Waals surface area contributed by atoms with Crippen molar-refractivity contribution in [3.63, 3.8) is 0 Å². The number of ether oxygens (including phenoxy) is 2. The van der Waals surface area contributed by atoms with Crippen LogP contribution in [0.4, 0.5) is 17.5 Å². The van der Waals surface area contributed by atoms with E-state index in [1.165, 1.54) is 19.3 Å². The lowest BCUT2D eigenvalue weighted by molar-refractivity contribution is 0.405. The maximum absolute atomic E-state index is 5.44. The van der Waals surface area contributed by atoms with E-state index in [4.69, 9.17) is 14.5 Å². The topological polar surface area (TPSA) is 59.5 Å². The van der Waals surface area contributed by atoms with Crippen LogP contribution in [0.5, 0.6) is 11.5 Å². The van der Waals surface area contributed by atoms with E-state index in [2.05, 4.69) is 28.2 Å². The van der Waals surface area contributed by atoms with Gasteiger partial charge in [-0.1, -0.05) is 6.92 Å². The molecule has 1 aliphatic heterocycles. The van der Waals surface area contributed by atoms with Crippen LogP contribution >= 0.6 is 0 Å². The quantitative estimate of drug-likeness (QED) is 0.832. The van der Waals surface area contributed by atoms with Crippen molar-refractivity contribution in [3.8, 4) is 11.5 Å². The van der Waals surface area contributed by atoms with Gasteiger partial charge in [-0.25, -0.2) is 4.98 Å². The molecule has 2 heterocycles. The predicted octanol–water partition coefficient (Wildman–Crippen LogP) is 4.31. The molecule has 2 aromatic rings. The summed E-state index contributed by atoms with van der Waals surface area (Å²) in [4.78, 5) is 11.8. The van der Waals surface area contributed by atoms with Gasteiger partial charge in [-0.05, 0) is 44.7 Å². The molecule has 0 amide bonds. The summed E-state index contributed by atoms with van der Waals surface area (Å²) >= 11 is 0. The molecule has 1 unspecified atom stereocenters. The van der Waals surface area contributed by atoms with Crippen LogP contribution in [-0.4, -0.2) is 36.8 Å². The van der Waals surface area contributed by atoms with Crippen molar-refractivity contribution in [3.05, 3.63) is 30.0 Å². The van der Waals surface area contributed by atoms with Gasteiger partial charge in [0.05, 0.1) is 19.9 Å². The first-order chi connectivity index (χ1) is 12.6. The van der Waals surface area contributed by atoms with Gasteiger partial charge in [0.2, 0.25) is 5.95 Å². The lowest BCUT2D eigenvalue weighted by Gasteiger charge is -2.36. The zero-order valence-corrected chi connectivity index (χ0v) is 16.1. The monoisotopic (exact) mass is 356 g/mol. The van der Waals surface area contributed by atoms with Gasteiger partial charge < -0.3 is 19.7 Å². The molecule has 1 N–H and O–H groups in total. The summed E-state index contributed by atoms with van der Waals surface area (Å²) in [5.41, 5.74) is 1.73. The Bertz CT molecular complexity index is 751. The molecular weight excluding hydrogens is 328 g/mol. The second-order valence-electron chi connectivity index (χ2n) is 6.63. The van der Waals surface area contributed by atoms with Crippen LogP contribution in [0.2, 0.25) is 0 Å². The highest BCUT2D eigenvalue weighted by Gasteiger charge is 2.23. The van der Waals surface area contributed by atoms with Gasteiger partial charge in [-0.3, -0.25) is 0 Å². The molecule has 0 saturated carbocycles. The molecule has 1 aromatic carbocycles. The fourth-order valence-corrected chi connectivity index (χ4v) is 3.51. The van der Waals surface area contributed by atoms with Gasteiger partial charge in [-0.15, -0.1) is 0 Å². The van der Waals surface area contributed by atoms with Crippen LogP contribution < -0.4 is 19.7 Å². The van der Waals surface area contributed by atoms with Crippen LogP contribution in [-0.2, 0) is 0 Å². The first kappa shape index (κ1) is 18.3. The van der Waals surface area contributed by atoms with Crippen molar-refractivity contribution >= 4 is 17.5 Å². The summed E-state index contributed by atoms with van der Waals surface area (Å²) in [6, 6.07) is 8.25. The number of nitrogens with zero attached hydrogens (tertiary/aromatic N) is 3. The van der Waals surface area contributed by atoms with Gasteiger partial charge in [-0.2, -0.15) is 4.98 Å². The largest absolute Gasteiger partial charge is 0.497 e. The number of aryl methyl sites for hydroxylation is 1. The molecule has 1 aromatic heterocycles. The lowest BCUT2D eigenvalue weighted by Crippen LogP contribution is -2.39. The number of hydrogen-bond donors (Lipinski definition) is 1. The van der Waals surface area contributed by atoms with Gasteiger partial charge in [0.1, 0.15) is 17.3 Å². The second-order valence-corrected chi connectivity index (χ2v) is 6.63. The number of benzene rings is 1. The van der Waals surface area contributed by atoms with E-state index in [-0.39, 0.29) is 0 Å². The average molecular weight is 356 g/mol. The Morgan fingerprint density at radius 2 is 2.00 bits per heavy atom. The molecule has 1 saturated heterocycles. The van der Waals surface area contributed by atoms with Crippen molar-refractivity contribution < 1.29 is 9.47 Å². The van der Waals surface area contributed by atoms with E-state index in [0.29, 0.717) is 12.0 Å². The fraction of sp³-hybridized carbons (Fsp3) is 0.500. The summed E-state index contributed by atoms with van der Waals surface area (Å²) in [7, 11) is 3.29. The molecule has 3 rings (SSSR count). The molecule has 6 nitrogen and oxygen atoms in total. The number of hydrogen-bond acceptors (Lipinski definition) is 6. The van der Waals surface area contributed by atoms with Crippen molar-refractivity contribution in [2.75, 3.05) is 31.0 Å². The standard InChI is InChI=1S/C20H28N4O2/c1-5-15-8-6-7-11-24(15)19-12-14(2)21-20(23-19)22-17-13-16(25-3)9-10-18(17)26-4/h9-10,12-13,15H,5-8,11H2,1-4H3,(H,21,22,23). The molecule has 0 radical (unpaired) electrons. The van der Waals surface area contributed by atoms with Gasteiger partial charge >= 0.3 is 0 Å². The van der Waals surface area contributed by atoms with Crippen molar-refractivity contribution in [2.24, 2.45) is 0 Å². The Morgan fingerprint density at radius 3 is 2.73 bits per heavy atom. The number of aromatic nitrogens is 2. The van der Waals surface area contributed by atoms with Crippen LogP contribution in [0.3, 0.4) is 0 Å². The third kappa shape index (κ3) is 4.00. The smallest absolute Gasteiger partial charge is 0.229 e. The van der Waals surface area contributed by atoms with Crippen LogP contribution in [0.1, 0.15) is 38.3 Å². The average Bonchev–Trinajstić information content (AvgIpc) is 2.67. The number of methoxy groups -OCH3 is 2. The summed E-state index contributed by atoms with van der Waals surface area (Å²) in [6.07, 6.45) is 4.87. The van der Waals surface area contributed by atoms with E-state index in [0.717, 1.165) is 41.7 Å². The molecule has 1 aliphatic rings. The minimum atomic E-state index is 0.553. The Hall–Kier alpha value is -2.50. The molecule has 1 fully saturated rings. The fourth-order valence-electron chi connectivity index (χ4n) is 3.51. The second kappa shape index (κ2) is 8.25. The van der Waals surface area contributed by atoms with E-state index < -0.39 is 0 Å². The molecule has 140 valence electrons. The van der Waals surface area contributed by atoms with Crippen LogP contribution in [0.25, 0.3) is 0 Å². The summed E-state index contributed by atoms with van der Waals surface area (Å²) in [6.45, 7) is 5.30. The van der Waals surface area contributed by atoms with E-state index in [1.54, 1.807) is 14.2 Å². The number of anilines is 3. The van der Waals surface area contributed by atoms with E-state index in [9.17, 15) is 0 Å². The molecule has 26 heavy (non-hydrogen) atoms. The highest BCUT2D eigenvalue weighted by molar-refractivity contribution is 5.65. The Kier molecular flexibility index (Phi) is 5.81. The Morgan fingerprint density at radius 1 is 1.15 bits per heavy atom. The molecule has 1 atom stereocenters. The number of nitrogens with one attached hydrogen (secondary N) is 1. The first-order valence-electron chi connectivity index (χ1n) is 9.26. The highest BCUT2D eigenvalue weighted by atomic mass is 16.5. The predicted molar refractivity (Wildman–Crippen MR) is 105 cm³/mol. The normalized spacial score (nSPS) is 17.1. The van der Waals surface area contributed by atoms with Crippen LogP contribution in [0.15, 0.2) is 24.3 Å². The third-order valence-corrected chi connectivity index (χ3v) is 4.89. The summed E-state index contributed by atoms with van der Waals surface area (Å²) in [5, 5.41) is 3.30. The maximum atomic E-state index is 5.44. The van der Waals surface area contributed by atoms with Gasteiger partial charge in [0, 0.05) is 30.4 Å². The molecule has 0 bridgehead atoms. The molecule has 6 heteroatoms. The van der Waals surface area contributed by atoms with E-state index in [1.807, 2.05) is 25.1 Å². The number of piperidine rings is 1. The maximum Gasteiger partial charge on any atom is 0.229 e. The zero-order valence-electron chi connectivity index (χ0n) is 16.1. The van der Waals surface area contributed by atoms with Crippen molar-refractivity contribution in [1.29, 1.82) is 0 Å². The SMILES string of the molecule is CCC1CCCCN1c1cc(C)nc(Nc2cc(OC)ccc2OC)n1. The first-order valence-corrected chi connectivity index (χ1v) is 9.26. The van der Waals surface area contributed by atoms with E-state index >= 15 is 0 Å². The van der Waals surface area contributed by atoms with Gasteiger partial charge in [0.15, 0.2) is 0 Å². The van der Waals surface area contributed by atoms with Crippen molar-refractivity contribution in [2.45, 2.75) is 45.6 Å². The van der Waals surface area contributed by atoms with Crippen molar-refractivity contribution in [1.82, 2.24) is 9.97 Å². The lowest BCUT2D eigenvalue weighted by atomic mass is 10.00. The minimum Gasteiger partial charge on any atom is -0.497 e. The third-order valence-electron chi connectivity index (χ3n) is 4.89. The minimum absolute atomic E-state index is 0.553. The summed E-state index contributed by atoms with van der Waals surface area (Å²) < 4.78 is 10.8. The zero-order chi connectivity index (χ0) is 18.5. The van der Waals surface area contributed by atoms with Gasteiger partial charge in [0.25, 0.3) is 0 Å². The molecule has 0 aliphatic carbocycles. The molecule has 0 spiro atoms.